The molecule has 0 aliphatic heterocycles. The van der Waals surface area contributed by atoms with Crippen LogP contribution in [0.15, 0.2) is 29.2 Å². The molecule has 2 N–H and O–H groups in total. The lowest BCUT2D eigenvalue weighted by Gasteiger charge is -2.18. The third kappa shape index (κ3) is 2.67. The second-order valence-electron chi connectivity index (χ2n) is 2.94. The van der Waals surface area contributed by atoms with Crippen LogP contribution < -0.4 is 0 Å². The van der Waals surface area contributed by atoms with Crippen molar-refractivity contribution in [1.82, 2.24) is 0 Å². The highest BCUT2D eigenvalue weighted by molar-refractivity contribution is 7.98. The van der Waals surface area contributed by atoms with Crippen molar-refractivity contribution in [2.75, 3.05) is 12.0 Å². The smallest absolute Gasteiger partial charge is 0.107 e. The first-order valence-corrected chi connectivity index (χ1v) is 6.16. The van der Waals surface area contributed by atoms with Crippen LogP contribution in [-0.4, -0.2) is 28.3 Å². The summed E-state index contributed by atoms with van der Waals surface area (Å²) in [6.07, 6.45) is 0.279. The lowest BCUT2D eigenvalue weighted by Crippen LogP contribution is -2.20. The lowest BCUT2D eigenvalue weighted by molar-refractivity contribution is 0.0321. The van der Waals surface area contributed by atoms with E-state index in [1.54, 1.807) is 11.8 Å². The summed E-state index contributed by atoms with van der Waals surface area (Å²) in [4.78, 5) is 0.987. The molecule has 0 amide bonds. The fraction of sp³-hybridized carbons (Fsp3) is 0.400. The Morgan fingerprint density at radius 3 is 2.57 bits per heavy atom. The van der Waals surface area contributed by atoms with Crippen LogP contribution >= 0.6 is 24.4 Å². The third-order valence-corrected chi connectivity index (χ3v) is 3.19. The van der Waals surface area contributed by atoms with Crippen LogP contribution in [-0.2, 0) is 0 Å². The highest BCUT2D eigenvalue weighted by atomic mass is 32.2. The number of rotatable bonds is 4. The molecule has 0 heterocycles. The van der Waals surface area contributed by atoms with E-state index in [2.05, 4.69) is 12.6 Å². The number of thiol groups is 1. The topological polar surface area (TPSA) is 40.5 Å². The monoisotopic (exact) mass is 230 g/mol. The third-order valence-electron chi connectivity index (χ3n) is 2.01. The quantitative estimate of drug-likeness (QED) is 0.545. The van der Waals surface area contributed by atoms with Crippen LogP contribution in [0.3, 0.4) is 0 Å². The Morgan fingerprint density at radius 2 is 2.00 bits per heavy atom. The average molecular weight is 230 g/mol. The van der Waals surface area contributed by atoms with Gasteiger partial charge in [0, 0.05) is 10.6 Å². The summed E-state index contributed by atoms with van der Waals surface area (Å²) in [5.41, 5.74) is 0.765. The van der Waals surface area contributed by atoms with Gasteiger partial charge in [0.2, 0.25) is 0 Å². The van der Waals surface area contributed by atoms with Crippen LogP contribution in [0.5, 0.6) is 0 Å². The summed E-state index contributed by atoms with van der Waals surface area (Å²) in [5.74, 6) is 0.254. The molecule has 0 fully saturated rings. The van der Waals surface area contributed by atoms with Gasteiger partial charge in [-0.3, -0.25) is 0 Å². The largest absolute Gasteiger partial charge is 0.389 e. The van der Waals surface area contributed by atoms with Crippen LogP contribution in [0.25, 0.3) is 0 Å². The maximum Gasteiger partial charge on any atom is 0.107 e. The Kier molecular flexibility index (Phi) is 4.81. The molecule has 2 nitrogen and oxygen atoms in total. The van der Waals surface area contributed by atoms with E-state index in [-0.39, 0.29) is 5.75 Å². The van der Waals surface area contributed by atoms with Gasteiger partial charge in [-0.15, -0.1) is 11.8 Å². The summed E-state index contributed by atoms with van der Waals surface area (Å²) in [7, 11) is 0. The summed E-state index contributed by atoms with van der Waals surface area (Å²) >= 11 is 5.51. The molecule has 0 aliphatic carbocycles. The highest BCUT2D eigenvalue weighted by Crippen LogP contribution is 2.27. The second-order valence-corrected chi connectivity index (χ2v) is 4.15. The van der Waals surface area contributed by atoms with Gasteiger partial charge in [-0.25, -0.2) is 0 Å². The Hall–Kier alpha value is -0.160. The normalized spacial score (nSPS) is 15.1. The van der Waals surface area contributed by atoms with Gasteiger partial charge in [-0.2, -0.15) is 12.6 Å². The van der Waals surface area contributed by atoms with E-state index in [1.165, 1.54) is 0 Å². The van der Waals surface area contributed by atoms with Gasteiger partial charge in [-0.1, -0.05) is 18.2 Å². The highest BCUT2D eigenvalue weighted by Gasteiger charge is 2.18. The van der Waals surface area contributed by atoms with Crippen LogP contribution in [0.1, 0.15) is 11.7 Å². The van der Waals surface area contributed by atoms with Crippen molar-refractivity contribution in [1.29, 1.82) is 0 Å². The van der Waals surface area contributed by atoms with Crippen molar-refractivity contribution < 1.29 is 10.2 Å². The summed E-state index contributed by atoms with van der Waals surface area (Å²) in [6.45, 7) is 0. The molecule has 0 saturated heterocycles. The first kappa shape index (κ1) is 11.9. The molecule has 0 radical (unpaired) electrons. The van der Waals surface area contributed by atoms with Crippen LogP contribution in [0.2, 0.25) is 0 Å². The molecule has 0 saturated carbocycles. The van der Waals surface area contributed by atoms with E-state index >= 15 is 0 Å². The van der Waals surface area contributed by atoms with E-state index in [1.807, 2.05) is 30.5 Å². The van der Waals surface area contributed by atoms with Crippen molar-refractivity contribution in [2.24, 2.45) is 0 Å². The van der Waals surface area contributed by atoms with E-state index in [0.29, 0.717) is 0 Å². The molecule has 0 bridgehead atoms. The Morgan fingerprint density at radius 1 is 1.36 bits per heavy atom. The minimum absolute atomic E-state index is 0.254. The average Bonchev–Trinajstić information content (AvgIpc) is 2.26. The van der Waals surface area contributed by atoms with Crippen molar-refractivity contribution in [3.8, 4) is 0 Å². The summed E-state index contributed by atoms with van der Waals surface area (Å²) in [5, 5.41) is 19.3. The molecular weight excluding hydrogens is 216 g/mol. The summed E-state index contributed by atoms with van der Waals surface area (Å²) in [6, 6.07) is 7.51. The van der Waals surface area contributed by atoms with Gasteiger partial charge in [-0.05, 0) is 17.9 Å². The van der Waals surface area contributed by atoms with E-state index in [0.717, 1.165) is 10.5 Å². The molecule has 0 spiro atoms. The van der Waals surface area contributed by atoms with Crippen molar-refractivity contribution >= 4 is 24.4 Å². The number of aliphatic hydroxyl groups excluding tert-OH is 2. The Balaban J connectivity index is 2.93. The molecule has 2 unspecified atom stereocenters. The minimum atomic E-state index is -0.851. The second kappa shape index (κ2) is 5.66. The zero-order valence-corrected chi connectivity index (χ0v) is 9.63. The number of thioether (sulfide) groups is 1. The molecule has 1 aromatic carbocycles. The number of hydrogen-bond donors (Lipinski definition) is 3. The molecule has 1 rings (SSSR count). The minimum Gasteiger partial charge on any atom is -0.389 e. The fourth-order valence-corrected chi connectivity index (χ4v) is 2.06. The first-order valence-electron chi connectivity index (χ1n) is 4.30. The molecule has 1 aromatic rings. The lowest BCUT2D eigenvalue weighted by atomic mass is 10.1. The molecule has 78 valence electrons. The first-order chi connectivity index (χ1) is 6.70. The standard InChI is InChI=1S/C10H14O2S2/c1-14-9-5-3-2-4-7(9)10(12)8(11)6-13/h2-5,8,10-13H,6H2,1H3. The van der Waals surface area contributed by atoms with E-state index < -0.39 is 12.2 Å². The van der Waals surface area contributed by atoms with Crippen LogP contribution in [0.4, 0.5) is 0 Å². The maximum atomic E-state index is 9.79. The molecular formula is C10H14O2S2. The SMILES string of the molecule is CSc1ccccc1C(O)C(O)CS. The van der Waals surface area contributed by atoms with E-state index in [4.69, 9.17) is 0 Å². The van der Waals surface area contributed by atoms with Gasteiger partial charge in [0.05, 0.1) is 6.10 Å². The maximum absolute atomic E-state index is 9.79. The zero-order valence-electron chi connectivity index (χ0n) is 7.92. The van der Waals surface area contributed by atoms with Crippen molar-refractivity contribution in [3.63, 3.8) is 0 Å². The van der Waals surface area contributed by atoms with Crippen LogP contribution in [0, 0.1) is 0 Å². The van der Waals surface area contributed by atoms with Crippen molar-refractivity contribution in [2.45, 2.75) is 17.1 Å². The van der Waals surface area contributed by atoms with Gasteiger partial charge < -0.3 is 10.2 Å². The van der Waals surface area contributed by atoms with Gasteiger partial charge >= 0.3 is 0 Å². The predicted molar refractivity (Wildman–Crippen MR) is 63.0 cm³/mol. The molecule has 4 heteroatoms. The molecule has 14 heavy (non-hydrogen) atoms. The number of benzene rings is 1. The summed E-state index contributed by atoms with van der Waals surface area (Å²) < 4.78 is 0. The molecule has 2 atom stereocenters. The fourth-order valence-electron chi connectivity index (χ4n) is 1.22. The molecule has 0 aliphatic rings. The van der Waals surface area contributed by atoms with Crippen molar-refractivity contribution in [3.05, 3.63) is 29.8 Å². The van der Waals surface area contributed by atoms with Gasteiger partial charge in [0.25, 0.3) is 0 Å². The number of hydrogen-bond acceptors (Lipinski definition) is 4. The molecule has 0 aromatic heterocycles. The Labute approximate surface area is 93.8 Å². The van der Waals surface area contributed by atoms with Gasteiger partial charge in [0.15, 0.2) is 0 Å². The zero-order chi connectivity index (χ0) is 10.6. The van der Waals surface area contributed by atoms with Gasteiger partial charge in [0.1, 0.15) is 6.10 Å². The predicted octanol–water partition coefficient (Wildman–Crippen LogP) is 1.73. The number of aliphatic hydroxyl groups is 2. The van der Waals surface area contributed by atoms with E-state index in [9.17, 15) is 10.2 Å². The Bertz CT molecular complexity index is 291.